The fourth-order valence-corrected chi connectivity index (χ4v) is 2.30. The van der Waals surface area contributed by atoms with Gasteiger partial charge in [0.1, 0.15) is 6.04 Å². The Labute approximate surface area is 89.3 Å². The molecule has 1 unspecified atom stereocenters. The minimum Gasteiger partial charge on any atom is -0.480 e. The van der Waals surface area contributed by atoms with Crippen molar-refractivity contribution < 1.29 is 14.7 Å². The summed E-state index contributed by atoms with van der Waals surface area (Å²) in [6.07, 6.45) is 5.34. The Kier molecular flexibility index (Phi) is 2.93. The van der Waals surface area contributed by atoms with Gasteiger partial charge < -0.3 is 10.0 Å². The summed E-state index contributed by atoms with van der Waals surface area (Å²) in [6, 6.07) is -0.546. The molecule has 4 heteroatoms. The van der Waals surface area contributed by atoms with Crippen LogP contribution in [0.5, 0.6) is 0 Å². The van der Waals surface area contributed by atoms with E-state index < -0.39 is 12.0 Å². The molecule has 0 aromatic heterocycles. The number of amides is 1. The van der Waals surface area contributed by atoms with Gasteiger partial charge in [0, 0.05) is 13.0 Å². The average Bonchev–Trinajstić information content (AvgIpc) is 2.97. The maximum Gasteiger partial charge on any atom is 0.326 e. The lowest BCUT2D eigenvalue weighted by molar-refractivity contribution is -0.151. The fraction of sp³-hybridized carbons (Fsp3) is 0.818. The first-order valence-corrected chi connectivity index (χ1v) is 5.72. The van der Waals surface area contributed by atoms with E-state index in [-0.39, 0.29) is 11.8 Å². The van der Waals surface area contributed by atoms with Crippen LogP contribution < -0.4 is 0 Å². The Morgan fingerprint density at radius 3 is 2.67 bits per heavy atom. The number of hydrogen-bond acceptors (Lipinski definition) is 2. The predicted molar refractivity (Wildman–Crippen MR) is 54.3 cm³/mol. The normalized spacial score (nSPS) is 24.8. The quantitative estimate of drug-likeness (QED) is 0.764. The molecule has 84 valence electrons. The van der Waals surface area contributed by atoms with Crippen LogP contribution in [0.15, 0.2) is 0 Å². The molecule has 2 aliphatic rings. The Hall–Kier alpha value is -1.06. The van der Waals surface area contributed by atoms with Gasteiger partial charge in [-0.15, -0.1) is 0 Å². The number of rotatable bonds is 3. The van der Waals surface area contributed by atoms with E-state index in [1.54, 1.807) is 4.90 Å². The molecule has 2 fully saturated rings. The predicted octanol–water partition coefficient (Wildman–Crippen LogP) is 1.25. The van der Waals surface area contributed by atoms with E-state index in [0.717, 1.165) is 32.1 Å². The van der Waals surface area contributed by atoms with Gasteiger partial charge in [-0.3, -0.25) is 4.79 Å². The van der Waals surface area contributed by atoms with Crippen molar-refractivity contribution in [2.75, 3.05) is 6.54 Å². The molecule has 1 saturated carbocycles. The fourth-order valence-electron chi connectivity index (χ4n) is 2.30. The van der Waals surface area contributed by atoms with Crippen LogP contribution in [0, 0.1) is 5.92 Å². The van der Waals surface area contributed by atoms with E-state index >= 15 is 0 Å². The van der Waals surface area contributed by atoms with Crippen LogP contribution in [0.2, 0.25) is 0 Å². The molecular formula is C11H17NO3. The van der Waals surface area contributed by atoms with E-state index in [4.69, 9.17) is 5.11 Å². The lowest BCUT2D eigenvalue weighted by Gasteiger charge is -2.27. The van der Waals surface area contributed by atoms with Crippen LogP contribution in [0.1, 0.15) is 38.5 Å². The largest absolute Gasteiger partial charge is 0.480 e. The summed E-state index contributed by atoms with van der Waals surface area (Å²) in [5.74, 6) is -0.580. The summed E-state index contributed by atoms with van der Waals surface area (Å²) in [4.78, 5) is 24.5. The van der Waals surface area contributed by atoms with Crippen LogP contribution in [-0.2, 0) is 9.59 Å². The Morgan fingerprint density at radius 2 is 2.07 bits per heavy atom. The highest BCUT2D eigenvalue weighted by Gasteiger charge is 2.42. The number of carbonyl (C=O) groups excluding carboxylic acids is 1. The second kappa shape index (κ2) is 4.21. The molecule has 1 heterocycles. The van der Waals surface area contributed by atoms with Gasteiger partial charge in [0.15, 0.2) is 0 Å². The Balaban J connectivity index is 2.09. The second-order valence-electron chi connectivity index (χ2n) is 4.52. The highest BCUT2D eigenvalue weighted by molar-refractivity contribution is 5.84. The van der Waals surface area contributed by atoms with Crippen molar-refractivity contribution in [2.24, 2.45) is 5.92 Å². The minimum absolute atomic E-state index is 0.0341. The summed E-state index contributed by atoms with van der Waals surface area (Å²) in [5.41, 5.74) is 0. The van der Waals surface area contributed by atoms with Gasteiger partial charge in [0.25, 0.3) is 0 Å². The minimum atomic E-state index is -0.826. The lowest BCUT2D eigenvalue weighted by atomic mass is 10.1. The molecule has 4 nitrogen and oxygen atoms in total. The molecule has 0 spiro atoms. The van der Waals surface area contributed by atoms with Crippen molar-refractivity contribution in [2.45, 2.75) is 44.6 Å². The van der Waals surface area contributed by atoms with Gasteiger partial charge in [-0.05, 0) is 31.6 Å². The molecule has 0 bridgehead atoms. The van der Waals surface area contributed by atoms with Gasteiger partial charge >= 0.3 is 5.97 Å². The number of carbonyl (C=O) groups is 2. The number of carboxylic acids is 1. The molecular weight excluding hydrogens is 194 g/mol. The van der Waals surface area contributed by atoms with Gasteiger partial charge in [-0.1, -0.05) is 6.42 Å². The molecule has 1 aliphatic carbocycles. The maximum absolute atomic E-state index is 11.8. The zero-order chi connectivity index (χ0) is 10.8. The van der Waals surface area contributed by atoms with E-state index in [1.807, 2.05) is 0 Å². The van der Waals surface area contributed by atoms with E-state index in [0.29, 0.717) is 13.0 Å². The van der Waals surface area contributed by atoms with Crippen LogP contribution in [0.25, 0.3) is 0 Å². The number of carboxylic acid groups (broad SMARTS) is 1. The monoisotopic (exact) mass is 211 g/mol. The molecule has 1 saturated heterocycles. The van der Waals surface area contributed by atoms with Crippen molar-refractivity contribution in [1.29, 1.82) is 0 Å². The third-order valence-electron chi connectivity index (χ3n) is 3.27. The van der Waals surface area contributed by atoms with E-state index in [1.165, 1.54) is 0 Å². The SMILES string of the molecule is O=C(O)C(C1CC1)N1CCCCCC1=O. The molecule has 0 radical (unpaired) electrons. The summed E-state index contributed by atoms with van der Waals surface area (Å²) >= 11 is 0. The highest BCUT2D eigenvalue weighted by atomic mass is 16.4. The highest BCUT2D eigenvalue weighted by Crippen LogP contribution is 2.36. The maximum atomic E-state index is 11.8. The van der Waals surface area contributed by atoms with Crippen molar-refractivity contribution in [3.05, 3.63) is 0 Å². The molecule has 0 aromatic rings. The zero-order valence-corrected chi connectivity index (χ0v) is 8.82. The van der Waals surface area contributed by atoms with Gasteiger partial charge in [-0.25, -0.2) is 4.79 Å². The molecule has 2 rings (SSSR count). The van der Waals surface area contributed by atoms with Gasteiger partial charge in [0.2, 0.25) is 5.91 Å². The van der Waals surface area contributed by atoms with Crippen LogP contribution in [-0.4, -0.2) is 34.5 Å². The van der Waals surface area contributed by atoms with Crippen LogP contribution in [0.4, 0.5) is 0 Å². The van der Waals surface area contributed by atoms with Crippen molar-refractivity contribution >= 4 is 11.9 Å². The van der Waals surface area contributed by atoms with Crippen molar-refractivity contribution in [1.82, 2.24) is 4.90 Å². The number of nitrogens with zero attached hydrogens (tertiary/aromatic N) is 1. The number of aliphatic carboxylic acids is 1. The Morgan fingerprint density at radius 1 is 1.33 bits per heavy atom. The molecule has 1 aliphatic heterocycles. The summed E-state index contributed by atoms with van der Waals surface area (Å²) < 4.78 is 0. The van der Waals surface area contributed by atoms with Gasteiger partial charge in [0.05, 0.1) is 0 Å². The summed E-state index contributed by atoms with van der Waals surface area (Å²) in [7, 11) is 0. The number of likely N-dealkylation sites (tertiary alicyclic amines) is 1. The van der Waals surface area contributed by atoms with E-state index in [9.17, 15) is 9.59 Å². The molecule has 0 aromatic carbocycles. The summed E-state index contributed by atoms with van der Waals surface area (Å²) in [5, 5.41) is 9.15. The van der Waals surface area contributed by atoms with Crippen LogP contribution in [0.3, 0.4) is 0 Å². The van der Waals surface area contributed by atoms with Crippen molar-refractivity contribution in [3.63, 3.8) is 0 Å². The topological polar surface area (TPSA) is 57.6 Å². The van der Waals surface area contributed by atoms with E-state index in [2.05, 4.69) is 0 Å². The first kappa shape index (κ1) is 10.5. The molecule has 1 N–H and O–H groups in total. The smallest absolute Gasteiger partial charge is 0.326 e. The molecule has 1 atom stereocenters. The summed E-state index contributed by atoms with van der Waals surface area (Å²) in [6.45, 7) is 0.631. The Bertz CT molecular complexity index is 273. The average molecular weight is 211 g/mol. The first-order valence-electron chi connectivity index (χ1n) is 5.72. The first-order chi connectivity index (χ1) is 7.20. The third kappa shape index (κ3) is 2.30. The molecule has 1 amide bonds. The second-order valence-corrected chi connectivity index (χ2v) is 4.52. The standard InChI is InChI=1S/C11H17NO3/c13-9-4-2-1-3-7-12(9)10(11(14)15)8-5-6-8/h8,10H,1-7H2,(H,14,15). The molecule has 15 heavy (non-hydrogen) atoms. The number of hydrogen-bond donors (Lipinski definition) is 1. The van der Waals surface area contributed by atoms with Gasteiger partial charge in [-0.2, -0.15) is 0 Å². The third-order valence-corrected chi connectivity index (χ3v) is 3.27. The van der Waals surface area contributed by atoms with Crippen LogP contribution >= 0.6 is 0 Å². The lowest BCUT2D eigenvalue weighted by Crippen LogP contribution is -2.46. The van der Waals surface area contributed by atoms with Crippen molar-refractivity contribution in [3.8, 4) is 0 Å². The zero-order valence-electron chi connectivity index (χ0n) is 8.82.